The summed E-state index contributed by atoms with van der Waals surface area (Å²) >= 11 is 0. The van der Waals surface area contributed by atoms with Crippen molar-refractivity contribution in [1.82, 2.24) is 10.2 Å². The molecule has 0 radical (unpaired) electrons. The van der Waals surface area contributed by atoms with Crippen LogP contribution >= 0.6 is 0 Å². The average molecular weight is 277 g/mol. The Morgan fingerprint density at radius 1 is 1.45 bits per heavy atom. The Bertz CT molecular complexity index is 490. The molecule has 2 rings (SSSR count). The molecule has 1 aliphatic rings. The van der Waals surface area contributed by atoms with E-state index >= 15 is 0 Å². The molecule has 110 valence electrons. The molecule has 2 unspecified atom stereocenters. The summed E-state index contributed by atoms with van der Waals surface area (Å²) in [6, 6.07) is 5.81. The predicted octanol–water partition coefficient (Wildman–Crippen LogP) is 1.49. The molecular weight excluding hydrogens is 254 g/mol. The highest BCUT2D eigenvalue weighted by atomic mass is 16.5. The van der Waals surface area contributed by atoms with Gasteiger partial charge < -0.3 is 20.7 Å². The van der Waals surface area contributed by atoms with Gasteiger partial charge in [0.25, 0.3) is 5.91 Å². The van der Waals surface area contributed by atoms with Crippen LogP contribution in [-0.4, -0.2) is 43.6 Å². The first-order chi connectivity index (χ1) is 9.49. The van der Waals surface area contributed by atoms with Crippen molar-refractivity contribution in [1.29, 1.82) is 0 Å². The Morgan fingerprint density at radius 2 is 2.20 bits per heavy atom. The molecule has 5 heteroatoms. The molecule has 1 aliphatic heterocycles. The van der Waals surface area contributed by atoms with Gasteiger partial charge in [-0.2, -0.15) is 0 Å². The number of hydrogen-bond donors (Lipinski definition) is 2. The number of likely N-dealkylation sites (tertiary alicyclic amines) is 1. The number of nitrogens with one attached hydrogen (secondary N) is 1. The molecule has 0 spiro atoms. The van der Waals surface area contributed by atoms with Gasteiger partial charge in [0, 0.05) is 35.9 Å². The lowest BCUT2D eigenvalue weighted by Gasteiger charge is -2.35. The minimum Gasteiger partial charge on any atom is -0.497 e. The number of carbonyl (C=O) groups excluding carboxylic acids is 1. The Hall–Kier alpha value is -1.75. The third kappa shape index (κ3) is 3.42. The number of amides is 1. The first kappa shape index (κ1) is 14.7. The van der Waals surface area contributed by atoms with Crippen LogP contribution in [0.4, 0.5) is 5.69 Å². The fourth-order valence-corrected chi connectivity index (χ4v) is 2.56. The van der Waals surface area contributed by atoms with Gasteiger partial charge in [-0.3, -0.25) is 4.79 Å². The Morgan fingerprint density at radius 3 is 2.85 bits per heavy atom. The number of methoxy groups -OCH3 is 1. The molecule has 1 fully saturated rings. The fourth-order valence-electron chi connectivity index (χ4n) is 2.56. The number of piperidine rings is 1. The van der Waals surface area contributed by atoms with Gasteiger partial charge in [-0.15, -0.1) is 0 Å². The van der Waals surface area contributed by atoms with E-state index in [1.807, 2.05) is 0 Å². The second-order valence-corrected chi connectivity index (χ2v) is 5.52. The number of rotatable bonds is 3. The minimum absolute atomic E-state index is 0.0858. The van der Waals surface area contributed by atoms with Crippen LogP contribution in [-0.2, 0) is 0 Å². The second-order valence-electron chi connectivity index (χ2n) is 5.52. The van der Waals surface area contributed by atoms with Gasteiger partial charge in [0.2, 0.25) is 0 Å². The summed E-state index contributed by atoms with van der Waals surface area (Å²) in [6.07, 6.45) is 1.95. The number of nitrogen functional groups attached to an aromatic ring is 1. The summed E-state index contributed by atoms with van der Waals surface area (Å²) in [5.74, 6) is 0.518. The third-order valence-electron chi connectivity index (χ3n) is 3.97. The Balaban J connectivity index is 2.03. The molecule has 2 atom stereocenters. The monoisotopic (exact) mass is 277 g/mol. The van der Waals surface area contributed by atoms with Gasteiger partial charge in [-0.05, 0) is 38.9 Å². The average Bonchev–Trinajstić information content (AvgIpc) is 2.42. The van der Waals surface area contributed by atoms with Crippen molar-refractivity contribution < 1.29 is 9.53 Å². The highest BCUT2D eigenvalue weighted by Crippen LogP contribution is 2.20. The van der Waals surface area contributed by atoms with E-state index in [0.29, 0.717) is 23.0 Å². The van der Waals surface area contributed by atoms with Crippen LogP contribution in [0.25, 0.3) is 0 Å². The van der Waals surface area contributed by atoms with Crippen molar-refractivity contribution in [2.45, 2.75) is 31.8 Å². The molecule has 0 saturated carbocycles. The van der Waals surface area contributed by atoms with Crippen LogP contribution in [0.3, 0.4) is 0 Å². The summed E-state index contributed by atoms with van der Waals surface area (Å²) in [5.41, 5.74) is 6.86. The summed E-state index contributed by atoms with van der Waals surface area (Å²) in [4.78, 5) is 14.6. The molecule has 0 aromatic heterocycles. The van der Waals surface area contributed by atoms with Gasteiger partial charge in [0.15, 0.2) is 0 Å². The summed E-state index contributed by atoms with van der Waals surface area (Å²) in [5, 5.41) is 3.09. The smallest absolute Gasteiger partial charge is 0.251 e. The molecular formula is C15H23N3O2. The lowest BCUT2D eigenvalue weighted by Crippen LogP contribution is -2.47. The highest BCUT2D eigenvalue weighted by molar-refractivity contribution is 5.95. The van der Waals surface area contributed by atoms with Crippen molar-refractivity contribution in [2.24, 2.45) is 0 Å². The van der Waals surface area contributed by atoms with Gasteiger partial charge in [-0.1, -0.05) is 0 Å². The zero-order valence-corrected chi connectivity index (χ0v) is 12.3. The fraction of sp³-hybridized carbons (Fsp3) is 0.533. The van der Waals surface area contributed by atoms with Crippen molar-refractivity contribution in [3.05, 3.63) is 23.8 Å². The quantitative estimate of drug-likeness (QED) is 0.821. The van der Waals surface area contributed by atoms with Gasteiger partial charge in [-0.25, -0.2) is 0 Å². The maximum Gasteiger partial charge on any atom is 0.251 e. The van der Waals surface area contributed by atoms with Crippen molar-refractivity contribution in [3.63, 3.8) is 0 Å². The number of carbonyl (C=O) groups is 1. The second kappa shape index (κ2) is 6.13. The molecule has 1 aromatic carbocycles. The number of nitrogens with two attached hydrogens (primary N) is 1. The molecule has 1 saturated heterocycles. The number of ether oxygens (including phenoxy) is 1. The molecule has 0 aliphatic carbocycles. The number of anilines is 1. The third-order valence-corrected chi connectivity index (χ3v) is 3.97. The summed E-state index contributed by atoms with van der Waals surface area (Å²) < 4.78 is 5.14. The molecule has 5 nitrogen and oxygen atoms in total. The van der Waals surface area contributed by atoms with Crippen LogP contribution in [0.1, 0.15) is 30.1 Å². The zero-order valence-electron chi connectivity index (χ0n) is 12.3. The molecule has 1 aromatic rings. The van der Waals surface area contributed by atoms with Crippen LogP contribution in [0.2, 0.25) is 0 Å². The topological polar surface area (TPSA) is 67.6 Å². The van der Waals surface area contributed by atoms with Crippen LogP contribution < -0.4 is 15.8 Å². The van der Waals surface area contributed by atoms with Crippen molar-refractivity contribution >= 4 is 11.6 Å². The Kier molecular flexibility index (Phi) is 4.49. The predicted molar refractivity (Wildman–Crippen MR) is 80.0 cm³/mol. The first-order valence-electron chi connectivity index (χ1n) is 6.95. The SMILES string of the molecule is COc1cc(N)cc(C(=O)NC2CCN(C)C(C)C2)c1. The van der Waals surface area contributed by atoms with E-state index < -0.39 is 0 Å². The molecule has 3 N–H and O–H groups in total. The minimum atomic E-state index is -0.0858. The van der Waals surface area contributed by atoms with E-state index in [0.717, 1.165) is 19.4 Å². The Labute approximate surface area is 120 Å². The largest absolute Gasteiger partial charge is 0.497 e. The standard InChI is InChI=1S/C15H23N3O2/c1-10-6-13(4-5-18(10)2)17-15(19)11-7-12(16)9-14(8-11)20-3/h7-10,13H,4-6,16H2,1-3H3,(H,17,19). The van der Waals surface area contributed by atoms with Crippen LogP contribution in [0.5, 0.6) is 5.75 Å². The first-order valence-corrected chi connectivity index (χ1v) is 6.95. The molecule has 0 bridgehead atoms. The van der Waals surface area contributed by atoms with Gasteiger partial charge in [0.1, 0.15) is 5.75 Å². The number of nitrogens with zero attached hydrogens (tertiary/aromatic N) is 1. The van der Waals surface area contributed by atoms with E-state index in [9.17, 15) is 4.79 Å². The molecule has 1 heterocycles. The highest BCUT2D eigenvalue weighted by Gasteiger charge is 2.24. The molecule has 1 amide bonds. The number of benzene rings is 1. The lowest BCUT2D eigenvalue weighted by atomic mass is 9.98. The molecule has 20 heavy (non-hydrogen) atoms. The van der Waals surface area contributed by atoms with E-state index in [4.69, 9.17) is 10.5 Å². The van der Waals surface area contributed by atoms with Crippen LogP contribution in [0.15, 0.2) is 18.2 Å². The maximum absolute atomic E-state index is 12.3. The van der Waals surface area contributed by atoms with E-state index in [-0.39, 0.29) is 11.9 Å². The van der Waals surface area contributed by atoms with Crippen molar-refractivity contribution in [2.75, 3.05) is 26.4 Å². The maximum atomic E-state index is 12.3. The number of hydrogen-bond acceptors (Lipinski definition) is 4. The normalized spacial score (nSPS) is 23.4. The lowest BCUT2D eigenvalue weighted by molar-refractivity contribution is 0.0896. The van der Waals surface area contributed by atoms with E-state index in [1.165, 1.54) is 0 Å². The zero-order chi connectivity index (χ0) is 14.7. The van der Waals surface area contributed by atoms with Gasteiger partial charge in [0.05, 0.1) is 7.11 Å². The van der Waals surface area contributed by atoms with E-state index in [1.54, 1.807) is 25.3 Å². The van der Waals surface area contributed by atoms with Crippen LogP contribution in [0, 0.1) is 0 Å². The van der Waals surface area contributed by atoms with Crippen molar-refractivity contribution in [3.8, 4) is 5.75 Å². The summed E-state index contributed by atoms with van der Waals surface area (Å²) in [6.45, 7) is 3.19. The van der Waals surface area contributed by atoms with E-state index in [2.05, 4.69) is 24.2 Å². The van der Waals surface area contributed by atoms with Gasteiger partial charge >= 0.3 is 0 Å². The summed E-state index contributed by atoms with van der Waals surface area (Å²) in [7, 11) is 3.68.